The number of nitrogens with zero attached hydrogens (tertiary/aromatic N) is 1. The summed E-state index contributed by atoms with van der Waals surface area (Å²) in [5.74, 6) is -1.75. The van der Waals surface area contributed by atoms with Crippen LogP contribution in [0.4, 0.5) is 19.6 Å². The Bertz CT molecular complexity index is 601. The van der Waals surface area contributed by atoms with E-state index < -0.39 is 17.6 Å². The zero-order chi connectivity index (χ0) is 13.8. The number of rotatable bonds is 4. The second kappa shape index (κ2) is 5.75. The summed E-state index contributed by atoms with van der Waals surface area (Å²) in [6, 6.07) is 3.21. The number of hydrogen-bond acceptors (Lipinski definition) is 5. The van der Waals surface area contributed by atoms with E-state index in [9.17, 15) is 13.6 Å². The lowest BCUT2D eigenvalue weighted by Gasteiger charge is -2.03. The molecule has 0 aliphatic rings. The molecule has 0 unspecified atom stereocenters. The van der Waals surface area contributed by atoms with Crippen LogP contribution in [0.3, 0.4) is 0 Å². The minimum atomic E-state index is -0.704. The Labute approximate surface area is 112 Å². The Balaban J connectivity index is 2.09. The fraction of sp³-hybridized carbons (Fsp3) is 0.167. The van der Waals surface area contributed by atoms with Gasteiger partial charge in [-0.2, -0.15) is 0 Å². The molecular formula is C12H10F2N2O2S. The summed E-state index contributed by atoms with van der Waals surface area (Å²) in [5.41, 5.74) is 0.655. The van der Waals surface area contributed by atoms with Crippen molar-refractivity contribution in [1.29, 1.82) is 0 Å². The Morgan fingerprint density at radius 1 is 1.47 bits per heavy atom. The van der Waals surface area contributed by atoms with E-state index in [0.29, 0.717) is 10.8 Å². The molecule has 1 N–H and O–H groups in total. The lowest BCUT2D eigenvalue weighted by Crippen LogP contribution is -2.04. The van der Waals surface area contributed by atoms with Crippen molar-refractivity contribution in [3.63, 3.8) is 0 Å². The van der Waals surface area contributed by atoms with Crippen molar-refractivity contribution in [2.24, 2.45) is 0 Å². The third kappa shape index (κ3) is 3.47. The smallest absolute Gasteiger partial charge is 0.311 e. The number of halogens is 2. The lowest BCUT2D eigenvalue weighted by molar-refractivity contribution is -0.139. The molecule has 19 heavy (non-hydrogen) atoms. The number of nitrogens with one attached hydrogen (secondary N) is 1. The molecule has 0 atom stereocenters. The zero-order valence-corrected chi connectivity index (χ0v) is 10.8. The highest BCUT2D eigenvalue weighted by atomic mass is 32.1. The second-order valence-corrected chi connectivity index (χ2v) is 4.50. The maximum Gasteiger partial charge on any atom is 0.311 e. The van der Waals surface area contributed by atoms with Crippen LogP contribution in [0.2, 0.25) is 0 Å². The highest BCUT2D eigenvalue weighted by molar-refractivity contribution is 7.13. The minimum absolute atomic E-state index is 0.0561. The van der Waals surface area contributed by atoms with Gasteiger partial charge in [0.25, 0.3) is 0 Å². The molecule has 7 heteroatoms. The first kappa shape index (κ1) is 13.4. The van der Waals surface area contributed by atoms with Gasteiger partial charge in [0.05, 0.1) is 24.9 Å². The highest BCUT2D eigenvalue weighted by Gasteiger charge is 2.09. The zero-order valence-electron chi connectivity index (χ0n) is 9.94. The summed E-state index contributed by atoms with van der Waals surface area (Å²) in [6.07, 6.45) is 0.0561. The molecule has 0 amide bonds. The van der Waals surface area contributed by atoms with Crippen LogP contribution in [0.1, 0.15) is 5.69 Å². The van der Waals surface area contributed by atoms with E-state index in [2.05, 4.69) is 15.0 Å². The van der Waals surface area contributed by atoms with E-state index in [1.54, 1.807) is 5.38 Å². The van der Waals surface area contributed by atoms with Crippen molar-refractivity contribution in [3.05, 3.63) is 40.9 Å². The van der Waals surface area contributed by atoms with Gasteiger partial charge in [-0.1, -0.05) is 0 Å². The van der Waals surface area contributed by atoms with E-state index >= 15 is 0 Å². The summed E-state index contributed by atoms with van der Waals surface area (Å²) in [5, 5.41) is 4.81. The van der Waals surface area contributed by atoms with Crippen molar-refractivity contribution in [1.82, 2.24) is 4.98 Å². The molecule has 0 radical (unpaired) electrons. The monoisotopic (exact) mass is 284 g/mol. The van der Waals surface area contributed by atoms with Crippen molar-refractivity contribution in [3.8, 4) is 0 Å². The van der Waals surface area contributed by atoms with Gasteiger partial charge >= 0.3 is 5.97 Å². The van der Waals surface area contributed by atoms with Gasteiger partial charge in [-0.25, -0.2) is 13.8 Å². The van der Waals surface area contributed by atoms with Crippen molar-refractivity contribution < 1.29 is 18.3 Å². The number of hydrogen-bond donors (Lipinski definition) is 1. The maximum atomic E-state index is 13.4. The molecule has 0 aliphatic heterocycles. The number of methoxy groups -OCH3 is 1. The fourth-order valence-electron chi connectivity index (χ4n) is 1.37. The predicted molar refractivity (Wildman–Crippen MR) is 67.5 cm³/mol. The SMILES string of the molecule is COC(=O)Cc1csc(Nc2ccc(F)cc2F)n1. The lowest BCUT2D eigenvalue weighted by atomic mass is 10.3. The number of ether oxygens (including phenoxy) is 1. The first-order valence-corrected chi connectivity index (χ1v) is 6.19. The van der Waals surface area contributed by atoms with Crippen LogP contribution < -0.4 is 5.32 Å². The largest absolute Gasteiger partial charge is 0.469 e. The molecule has 4 nitrogen and oxygen atoms in total. The predicted octanol–water partition coefficient (Wildman–Crippen LogP) is 2.88. The number of thiazole rings is 1. The average molecular weight is 284 g/mol. The standard InChI is InChI=1S/C12H10F2N2O2S/c1-18-11(17)5-8-6-19-12(15-8)16-10-3-2-7(13)4-9(10)14/h2-4,6H,5H2,1H3,(H,15,16). The molecule has 0 saturated heterocycles. The number of carbonyl (C=O) groups is 1. The van der Waals surface area contributed by atoms with Crippen LogP contribution in [-0.2, 0) is 16.0 Å². The van der Waals surface area contributed by atoms with E-state index in [4.69, 9.17) is 0 Å². The summed E-state index contributed by atoms with van der Waals surface area (Å²) in [7, 11) is 1.29. The number of carbonyl (C=O) groups excluding carboxylic acids is 1. The minimum Gasteiger partial charge on any atom is -0.469 e. The van der Waals surface area contributed by atoms with Crippen LogP contribution in [0, 0.1) is 11.6 Å². The Hall–Kier alpha value is -2.02. The summed E-state index contributed by atoms with van der Waals surface area (Å²) in [4.78, 5) is 15.2. The molecule has 0 saturated carbocycles. The number of esters is 1. The summed E-state index contributed by atoms with van der Waals surface area (Å²) < 4.78 is 30.7. The third-order valence-electron chi connectivity index (χ3n) is 2.28. The summed E-state index contributed by atoms with van der Waals surface area (Å²) >= 11 is 1.22. The Morgan fingerprint density at radius 3 is 2.95 bits per heavy atom. The molecule has 100 valence electrons. The molecular weight excluding hydrogens is 274 g/mol. The van der Waals surface area contributed by atoms with Gasteiger partial charge in [0.15, 0.2) is 5.13 Å². The number of benzene rings is 1. The first-order valence-electron chi connectivity index (χ1n) is 5.32. The Kier molecular flexibility index (Phi) is 4.06. The molecule has 1 aromatic carbocycles. The normalized spacial score (nSPS) is 10.3. The number of aromatic nitrogens is 1. The maximum absolute atomic E-state index is 13.4. The average Bonchev–Trinajstić information content (AvgIpc) is 2.80. The van der Waals surface area contributed by atoms with Crippen LogP contribution in [-0.4, -0.2) is 18.1 Å². The van der Waals surface area contributed by atoms with Crippen LogP contribution >= 0.6 is 11.3 Å². The fourth-order valence-corrected chi connectivity index (χ4v) is 2.09. The molecule has 1 aromatic heterocycles. The van der Waals surface area contributed by atoms with Gasteiger partial charge in [-0.15, -0.1) is 11.3 Å². The van der Waals surface area contributed by atoms with E-state index in [1.807, 2.05) is 0 Å². The Morgan fingerprint density at radius 2 is 2.26 bits per heavy atom. The van der Waals surface area contributed by atoms with Gasteiger partial charge in [0.2, 0.25) is 0 Å². The van der Waals surface area contributed by atoms with Crippen molar-refractivity contribution in [2.45, 2.75) is 6.42 Å². The molecule has 0 bridgehead atoms. The molecule has 0 fully saturated rings. The second-order valence-electron chi connectivity index (χ2n) is 3.65. The van der Waals surface area contributed by atoms with Gasteiger partial charge in [0, 0.05) is 11.4 Å². The van der Waals surface area contributed by atoms with Crippen LogP contribution in [0.25, 0.3) is 0 Å². The van der Waals surface area contributed by atoms with Gasteiger partial charge in [-0.05, 0) is 12.1 Å². The van der Waals surface area contributed by atoms with Gasteiger partial charge in [-0.3, -0.25) is 4.79 Å². The topological polar surface area (TPSA) is 51.2 Å². The van der Waals surface area contributed by atoms with E-state index in [0.717, 1.165) is 12.1 Å². The first-order chi connectivity index (χ1) is 9.08. The molecule has 0 spiro atoms. The molecule has 0 aliphatic carbocycles. The van der Waals surface area contributed by atoms with Gasteiger partial charge < -0.3 is 10.1 Å². The third-order valence-corrected chi connectivity index (χ3v) is 3.08. The van der Waals surface area contributed by atoms with Gasteiger partial charge in [0.1, 0.15) is 11.6 Å². The van der Waals surface area contributed by atoms with Crippen molar-refractivity contribution >= 4 is 28.1 Å². The molecule has 2 rings (SSSR count). The molecule has 2 aromatic rings. The summed E-state index contributed by atoms with van der Waals surface area (Å²) in [6.45, 7) is 0. The quantitative estimate of drug-likeness (QED) is 0.877. The van der Waals surface area contributed by atoms with E-state index in [1.165, 1.54) is 24.5 Å². The molecule has 1 heterocycles. The highest BCUT2D eigenvalue weighted by Crippen LogP contribution is 2.23. The van der Waals surface area contributed by atoms with E-state index in [-0.39, 0.29) is 12.1 Å². The van der Waals surface area contributed by atoms with Crippen LogP contribution in [0.15, 0.2) is 23.6 Å². The van der Waals surface area contributed by atoms with Crippen LogP contribution in [0.5, 0.6) is 0 Å². The van der Waals surface area contributed by atoms with Crippen molar-refractivity contribution in [2.75, 3.05) is 12.4 Å². The number of anilines is 2.